The van der Waals surface area contributed by atoms with Crippen molar-refractivity contribution in [2.45, 2.75) is 38.5 Å². The van der Waals surface area contributed by atoms with E-state index < -0.39 is 0 Å². The highest BCUT2D eigenvalue weighted by Crippen LogP contribution is 2.43. The van der Waals surface area contributed by atoms with Crippen LogP contribution in [0.2, 0.25) is 0 Å². The largest absolute Gasteiger partial charge is 0.353 e. The fraction of sp³-hybridized carbons (Fsp3) is 0.258. The zero-order valence-corrected chi connectivity index (χ0v) is 21.4. The van der Waals surface area contributed by atoms with Crippen molar-refractivity contribution >= 4 is 11.0 Å². The van der Waals surface area contributed by atoms with Gasteiger partial charge in [-0.05, 0) is 85.3 Å². The van der Waals surface area contributed by atoms with Crippen LogP contribution in [0, 0.1) is 11.6 Å². The molecule has 0 spiro atoms. The molecule has 198 valence electrons. The summed E-state index contributed by atoms with van der Waals surface area (Å²) >= 11 is 0. The number of pyridine rings is 2. The van der Waals surface area contributed by atoms with Gasteiger partial charge in [0.25, 0.3) is 0 Å². The SMILES string of the molecule is Fc1ccc(-c2nc3nn(CCCOC4CCCCO4)cc3c(-c3ccc(F)cc3)c2-c2ccncc2)cc1. The average molecular weight is 527 g/mol. The molecule has 0 amide bonds. The molecule has 1 saturated heterocycles. The van der Waals surface area contributed by atoms with Crippen LogP contribution in [0.25, 0.3) is 44.5 Å². The number of hydrogen-bond donors (Lipinski definition) is 0. The number of hydrogen-bond acceptors (Lipinski definition) is 5. The average Bonchev–Trinajstić information content (AvgIpc) is 3.39. The van der Waals surface area contributed by atoms with E-state index in [2.05, 4.69) is 4.98 Å². The fourth-order valence-corrected chi connectivity index (χ4v) is 5.02. The molecule has 0 aliphatic carbocycles. The van der Waals surface area contributed by atoms with E-state index in [1.165, 1.54) is 24.3 Å². The van der Waals surface area contributed by atoms with Crippen LogP contribution in [0.4, 0.5) is 8.78 Å². The Balaban J connectivity index is 1.45. The van der Waals surface area contributed by atoms with Gasteiger partial charge in [-0.15, -0.1) is 0 Å². The summed E-state index contributed by atoms with van der Waals surface area (Å²) in [6, 6.07) is 16.5. The van der Waals surface area contributed by atoms with Crippen LogP contribution in [-0.4, -0.2) is 39.3 Å². The number of halogens is 2. The number of aromatic nitrogens is 4. The smallest absolute Gasteiger partial charge is 0.182 e. The third-order valence-electron chi connectivity index (χ3n) is 6.91. The molecule has 1 aliphatic rings. The second kappa shape index (κ2) is 11.4. The van der Waals surface area contributed by atoms with Crippen LogP contribution in [0.3, 0.4) is 0 Å². The normalized spacial score (nSPS) is 15.6. The predicted octanol–water partition coefficient (Wildman–Crippen LogP) is 7.04. The first-order valence-corrected chi connectivity index (χ1v) is 13.2. The van der Waals surface area contributed by atoms with E-state index >= 15 is 0 Å². The number of rotatable bonds is 8. The highest BCUT2D eigenvalue weighted by atomic mass is 19.1. The maximum absolute atomic E-state index is 13.9. The summed E-state index contributed by atoms with van der Waals surface area (Å²) in [5.41, 5.74) is 5.43. The maximum Gasteiger partial charge on any atom is 0.182 e. The van der Waals surface area contributed by atoms with Crippen molar-refractivity contribution in [1.82, 2.24) is 19.7 Å². The molecule has 6 nitrogen and oxygen atoms in total. The van der Waals surface area contributed by atoms with Crippen molar-refractivity contribution in [3.8, 4) is 33.5 Å². The van der Waals surface area contributed by atoms with Crippen molar-refractivity contribution < 1.29 is 18.3 Å². The van der Waals surface area contributed by atoms with Crippen LogP contribution < -0.4 is 0 Å². The van der Waals surface area contributed by atoms with Crippen molar-refractivity contribution in [2.75, 3.05) is 13.2 Å². The molecule has 0 saturated carbocycles. The van der Waals surface area contributed by atoms with E-state index in [-0.39, 0.29) is 17.9 Å². The fourth-order valence-electron chi connectivity index (χ4n) is 5.02. The molecule has 0 bridgehead atoms. The van der Waals surface area contributed by atoms with Gasteiger partial charge in [-0.1, -0.05) is 12.1 Å². The lowest BCUT2D eigenvalue weighted by Gasteiger charge is -2.22. The Labute approximate surface area is 225 Å². The molecular formula is C31H28F2N4O2. The van der Waals surface area contributed by atoms with Gasteiger partial charge in [-0.2, -0.15) is 5.10 Å². The monoisotopic (exact) mass is 526 g/mol. The van der Waals surface area contributed by atoms with Gasteiger partial charge in [0.1, 0.15) is 11.6 Å². The topological polar surface area (TPSA) is 62.1 Å². The second-order valence-corrected chi connectivity index (χ2v) is 9.61. The van der Waals surface area contributed by atoms with Crippen molar-refractivity contribution in [3.63, 3.8) is 0 Å². The Morgan fingerprint density at radius 2 is 1.54 bits per heavy atom. The first kappa shape index (κ1) is 25.3. The standard InChI is InChI=1S/C31H28F2N4O2/c32-24-9-5-21(6-10-24)28-26-20-37(17-3-19-39-27-4-1-2-18-38-27)36-31(26)35-30(23-7-11-25(33)12-8-23)29(28)22-13-15-34-16-14-22/h5-16,20,27H,1-4,17-19H2. The zero-order chi connectivity index (χ0) is 26.6. The van der Waals surface area contributed by atoms with Gasteiger partial charge in [0.15, 0.2) is 11.9 Å². The van der Waals surface area contributed by atoms with E-state index in [9.17, 15) is 8.78 Å². The maximum atomic E-state index is 13.9. The Morgan fingerprint density at radius 1 is 0.846 bits per heavy atom. The van der Waals surface area contributed by atoms with Gasteiger partial charge in [0.05, 0.1) is 12.3 Å². The van der Waals surface area contributed by atoms with Crippen LogP contribution in [0.1, 0.15) is 25.7 Å². The highest BCUT2D eigenvalue weighted by molar-refractivity contribution is 6.05. The molecule has 1 atom stereocenters. The summed E-state index contributed by atoms with van der Waals surface area (Å²) in [5, 5.41) is 5.64. The van der Waals surface area contributed by atoms with E-state index in [4.69, 9.17) is 19.6 Å². The molecule has 1 fully saturated rings. The van der Waals surface area contributed by atoms with Gasteiger partial charge in [-0.3, -0.25) is 9.67 Å². The van der Waals surface area contributed by atoms with E-state index in [0.717, 1.165) is 65.5 Å². The quantitative estimate of drug-likeness (QED) is 0.203. The van der Waals surface area contributed by atoms with E-state index in [1.54, 1.807) is 36.7 Å². The number of aryl methyl sites for hydroxylation is 1. The summed E-state index contributed by atoms with van der Waals surface area (Å²) < 4.78 is 41.2. The second-order valence-electron chi connectivity index (χ2n) is 9.61. The molecule has 1 unspecified atom stereocenters. The molecule has 1 aliphatic heterocycles. The minimum absolute atomic E-state index is 0.122. The molecule has 4 heterocycles. The van der Waals surface area contributed by atoms with Gasteiger partial charge in [-0.25, -0.2) is 13.8 Å². The predicted molar refractivity (Wildman–Crippen MR) is 146 cm³/mol. The molecule has 8 heteroatoms. The molecule has 39 heavy (non-hydrogen) atoms. The Hall–Kier alpha value is -4.01. The summed E-state index contributed by atoms with van der Waals surface area (Å²) in [5.74, 6) is -0.639. The van der Waals surface area contributed by atoms with Crippen LogP contribution in [0.15, 0.2) is 79.3 Å². The van der Waals surface area contributed by atoms with E-state index in [1.807, 2.05) is 23.0 Å². The summed E-state index contributed by atoms with van der Waals surface area (Å²) in [7, 11) is 0. The lowest BCUT2D eigenvalue weighted by atomic mass is 9.90. The van der Waals surface area contributed by atoms with Gasteiger partial charge >= 0.3 is 0 Å². The van der Waals surface area contributed by atoms with Crippen molar-refractivity contribution in [2.24, 2.45) is 0 Å². The number of benzene rings is 2. The van der Waals surface area contributed by atoms with Crippen molar-refractivity contribution in [1.29, 1.82) is 0 Å². The van der Waals surface area contributed by atoms with Gasteiger partial charge in [0.2, 0.25) is 0 Å². The number of nitrogens with zero attached hydrogens (tertiary/aromatic N) is 4. The summed E-state index contributed by atoms with van der Waals surface area (Å²) in [4.78, 5) is 9.16. The lowest BCUT2D eigenvalue weighted by Crippen LogP contribution is -2.23. The van der Waals surface area contributed by atoms with E-state index in [0.29, 0.717) is 24.5 Å². The van der Waals surface area contributed by atoms with Crippen LogP contribution in [0.5, 0.6) is 0 Å². The molecule has 0 radical (unpaired) electrons. The molecule has 2 aromatic carbocycles. The van der Waals surface area contributed by atoms with Crippen molar-refractivity contribution in [3.05, 3.63) is 90.9 Å². The lowest BCUT2D eigenvalue weighted by molar-refractivity contribution is -0.163. The first-order valence-electron chi connectivity index (χ1n) is 13.2. The van der Waals surface area contributed by atoms with Gasteiger partial charge < -0.3 is 9.47 Å². The van der Waals surface area contributed by atoms with Crippen LogP contribution in [-0.2, 0) is 16.0 Å². The number of ether oxygens (including phenoxy) is 2. The third-order valence-corrected chi connectivity index (χ3v) is 6.91. The minimum atomic E-state index is -0.325. The Morgan fingerprint density at radius 3 is 2.23 bits per heavy atom. The summed E-state index contributed by atoms with van der Waals surface area (Å²) in [6.45, 7) is 1.97. The molecule has 0 N–H and O–H groups in total. The summed E-state index contributed by atoms with van der Waals surface area (Å²) in [6.07, 6.45) is 9.22. The molecule has 3 aromatic heterocycles. The molecule has 5 aromatic rings. The first-order chi connectivity index (χ1) is 19.2. The van der Waals surface area contributed by atoms with Crippen LogP contribution >= 0.6 is 0 Å². The Kier molecular flexibility index (Phi) is 7.38. The minimum Gasteiger partial charge on any atom is -0.353 e. The third kappa shape index (κ3) is 5.57. The molecule has 6 rings (SSSR count). The Bertz CT molecular complexity index is 1550. The zero-order valence-electron chi connectivity index (χ0n) is 21.4. The molecular weight excluding hydrogens is 498 g/mol. The highest BCUT2D eigenvalue weighted by Gasteiger charge is 2.22. The van der Waals surface area contributed by atoms with Gasteiger partial charge in [0, 0.05) is 53.8 Å². The number of fused-ring (bicyclic) bond motifs is 1.